The Morgan fingerprint density at radius 2 is 1.60 bits per heavy atom. The minimum atomic E-state index is 0.978. The largest absolute Gasteiger partial charge is 0.461 e. The molecule has 0 atom stereocenters. The Bertz CT molecular complexity index is 287. The van der Waals surface area contributed by atoms with Crippen molar-refractivity contribution in [1.29, 1.82) is 0 Å². The van der Waals surface area contributed by atoms with Crippen LogP contribution in [0.1, 0.15) is 51.2 Å². The van der Waals surface area contributed by atoms with Gasteiger partial charge < -0.3 is 4.42 Å². The summed E-state index contributed by atoms with van der Waals surface area (Å²) in [6.07, 6.45) is 9.37. The van der Waals surface area contributed by atoms with Crippen LogP contribution < -0.4 is 0 Å². The Kier molecular flexibility index (Phi) is 7.43. The first-order valence-corrected chi connectivity index (χ1v) is 5.80. The van der Waals surface area contributed by atoms with Gasteiger partial charge in [-0.1, -0.05) is 45.9 Å². The van der Waals surface area contributed by atoms with E-state index in [1.807, 2.05) is 40.7 Å². The average molecular weight is 206 g/mol. The van der Waals surface area contributed by atoms with Gasteiger partial charge in [-0.05, 0) is 25.5 Å². The molecule has 15 heavy (non-hydrogen) atoms. The van der Waals surface area contributed by atoms with Gasteiger partial charge in [0.1, 0.15) is 11.5 Å². The van der Waals surface area contributed by atoms with Crippen LogP contribution in [0.2, 0.25) is 0 Å². The normalized spacial score (nSPS) is 11.5. The van der Waals surface area contributed by atoms with Crippen molar-refractivity contribution in [2.45, 2.75) is 41.0 Å². The Morgan fingerprint density at radius 3 is 2.27 bits per heavy atom. The summed E-state index contributed by atoms with van der Waals surface area (Å²) in [4.78, 5) is 0. The molecule has 0 bridgehead atoms. The zero-order chi connectivity index (χ0) is 11.7. The van der Waals surface area contributed by atoms with Gasteiger partial charge in [-0.25, -0.2) is 0 Å². The van der Waals surface area contributed by atoms with Gasteiger partial charge >= 0.3 is 0 Å². The predicted molar refractivity (Wildman–Crippen MR) is 68.8 cm³/mol. The summed E-state index contributed by atoms with van der Waals surface area (Å²) in [6.45, 7) is 9.97. The monoisotopic (exact) mass is 206 g/mol. The number of furan rings is 1. The van der Waals surface area contributed by atoms with E-state index in [2.05, 4.69) is 24.3 Å². The van der Waals surface area contributed by atoms with E-state index in [-0.39, 0.29) is 0 Å². The molecule has 1 heterocycles. The molecule has 0 saturated carbocycles. The van der Waals surface area contributed by atoms with Crippen LogP contribution in [0.25, 0.3) is 12.2 Å². The minimum Gasteiger partial charge on any atom is -0.461 e. The van der Waals surface area contributed by atoms with E-state index < -0.39 is 0 Å². The van der Waals surface area contributed by atoms with Gasteiger partial charge in [0.2, 0.25) is 0 Å². The molecule has 0 N–H and O–H groups in total. The third-order valence-corrected chi connectivity index (χ3v) is 1.75. The molecule has 84 valence electrons. The molecule has 0 aliphatic heterocycles. The van der Waals surface area contributed by atoms with Crippen molar-refractivity contribution in [2.24, 2.45) is 0 Å². The van der Waals surface area contributed by atoms with Crippen LogP contribution >= 0.6 is 0 Å². The first-order chi connectivity index (χ1) is 7.36. The first kappa shape index (κ1) is 13.8. The molecule has 0 spiro atoms. The molecule has 0 amide bonds. The smallest absolute Gasteiger partial charge is 0.133 e. The molecular formula is C14H22O. The highest BCUT2D eigenvalue weighted by molar-refractivity contribution is 5.64. The van der Waals surface area contributed by atoms with Crippen LogP contribution in [0.4, 0.5) is 0 Å². The topological polar surface area (TPSA) is 13.1 Å². The van der Waals surface area contributed by atoms with Gasteiger partial charge in [0, 0.05) is 5.56 Å². The van der Waals surface area contributed by atoms with Crippen molar-refractivity contribution in [3.05, 3.63) is 35.3 Å². The molecule has 0 aromatic carbocycles. The lowest BCUT2D eigenvalue weighted by Crippen LogP contribution is -1.66. The summed E-state index contributed by atoms with van der Waals surface area (Å²) in [5.41, 5.74) is 1.19. The first-order valence-electron chi connectivity index (χ1n) is 5.80. The number of hydrogen-bond acceptors (Lipinski definition) is 1. The predicted octanol–water partition coefficient (Wildman–Crippen LogP) is 5.07. The maximum atomic E-state index is 5.45. The molecule has 0 radical (unpaired) electrons. The maximum absolute atomic E-state index is 5.45. The van der Waals surface area contributed by atoms with Crippen molar-refractivity contribution in [2.75, 3.05) is 0 Å². The van der Waals surface area contributed by atoms with Crippen LogP contribution in [0.15, 0.2) is 22.6 Å². The van der Waals surface area contributed by atoms with Crippen molar-refractivity contribution in [3.63, 3.8) is 0 Å². The summed E-state index contributed by atoms with van der Waals surface area (Å²) in [5, 5.41) is 0. The fraction of sp³-hybridized carbons (Fsp3) is 0.429. The van der Waals surface area contributed by atoms with E-state index in [1.165, 1.54) is 5.56 Å². The summed E-state index contributed by atoms with van der Waals surface area (Å²) in [7, 11) is 0. The molecule has 1 aliphatic rings. The molecule has 1 heteroatoms. The highest BCUT2D eigenvalue weighted by Crippen LogP contribution is 2.20. The fourth-order valence-electron chi connectivity index (χ4n) is 1.26. The lowest BCUT2D eigenvalue weighted by atomic mass is 10.2. The van der Waals surface area contributed by atoms with Gasteiger partial charge in [0.15, 0.2) is 0 Å². The number of aryl methyl sites for hydroxylation is 1. The molecule has 1 aromatic rings. The highest BCUT2D eigenvalue weighted by Gasteiger charge is 2.03. The number of fused-ring (bicyclic) bond motifs is 1. The zero-order valence-corrected chi connectivity index (χ0v) is 10.5. The summed E-state index contributed by atoms with van der Waals surface area (Å²) >= 11 is 0. The standard InChI is InChI=1S/C10H10O.2C2H6/c1-8-7-9-5-3-2-4-6-10(9)11-8;2*1-2/h3-7H,2H2,1H3;2*1-2H3. The maximum Gasteiger partial charge on any atom is 0.133 e. The third-order valence-electron chi connectivity index (χ3n) is 1.75. The summed E-state index contributed by atoms with van der Waals surface area (Å²) < 4.78 is 5.45. The highest BCUT2D eigenvalue weighted by atomic mass is 16.3. The van der Waals surface area contributed by atoms with E-state index in [9.17, 15) is 0 Å². The van der Waals surface area contributed by atoms with Crippen molar-refractivity contribution >= 4 is 12.2 Å². The van der Waals surface area contributed by atoms with E-state index in [4.69, 9.17) is 4.42 Å². The Hall–Kier alpha value is -1.24. The number of hydrogen-bond donors (Lipinski definition) is 0. The fourth-order valence-corrected chi connectivity index (χ4v) is 1.26. The van der Waals surface area contributed by atoms with E-state index >= 15 is 0 Å². The lowest BCUT2D eigenvalue weighted by molar-refractivity contribution is 0.524. The van der Waals surface area contributed by atoms with Crippen molar-refractivity contribution < 1.29 is 4.42 Å². The summed E-state index contributed by atoms with van der Waals surface area (Å²) in [5.74, 6) is 1.96. The van der Waals surface area contributed by atoms with Gasteiger partial charge in [0.05, 0.1) is 0 Å². The molecular weight excluding hydrogens is 184 g/mol. The lowest BCUT2D eigenvalue weighted by Gasteiger charge is -1.84. The van der Waals surface area contributed by atoms with Gasteiger partial charge in [-0.3, -0.25) is 0 Å². The Labute approximate surface area is 93.5 Å². The van der Waals surface area contributed by atoms with Crippen molar-refractivity contribution in [1.82, 2.24) is 0 Å². The van der Waals surface area contributed by atoms with Crippen LogP contribution in [-0.4, -0.2) is 0 Å². The number of allylic oxidation sites excluding steroid dienone is 2. The molecule has 0 saturated heterocycles. The van der Waals surface area contributed by atoms with Crippen LogP contribution in [0.3, 0.4) is 0 Å². The summed E-state index contributed by atoms with van der Waals surface area (Å²) in [6, 6.07) is 2.06. The second kappa shape index (κ2) is 8.10. The quantitative estimate of drug-likeness (QED) is 0.577. The molecule has 1 aromatic heterocycles. The van der Waals surface area contributed by atoms with E-state index in [0.717, 1.165) is 17.9 Å². The van der Waals surface area contributed by atoms with Gasteiger partial charge in [-0.2, -0.15) is 0 Å². The van der Waals surface area contributed by atoms with E-state index in [1.54, 1.807) is 0 Å². The van der Waals surface area contributed by atoms with Gasteiger partial charge in [0.25, 0.3) is 0 Å². The zero-order valence-electron chi connectivity index (χ0n) is 10.5. The molecule has 2 rings (SSSR count). The van der Waals surface area contributed by atoms with Crippen LogP contribution in [0.5, 0.6) is 0 Å². The second-order valence-electron chi connectivity index (χ2n) is 2.72. The van der Waals surface area contributed by atoms with Gasteiger partial charge in [-0.15, -0.1) is 0 Å². The Balaban J connectivity index is 0.000000442. The van der Waals surface area contributed by atoms with Crippen molar-refractivity contribution in [3.8, 4) is 0 Å². The minimum absolute atomic E-state index is 0.978. The Morgan fingerprint density at radius 1 is 1.00 bits per heavy atom. The second-order valence-corrected chi connectivity index (χ2v) is 2.72. The van der Waals surface area contributed by atoms with E-state index in [0.29, 0.717) is 0 Å². The SMILES string of the molecule is CC.CC.Cc1cc2c(o1)C=CCC=C2. The third kappa shape index (κ3) is 4.20. The van der Waals surface area contributed by atoms with Crippen LogP contribution in [-0.2, 0) is 0 Å². The molecule has 1 nitrogen and oxygen atoms in total. The van der Waals surface area contributed by atoms with Crippen LogP contribution in [0, 0.1) is 6.92 Å². The number of rotatable bonds is 0. The molecule has 1 aliphatic carbocycles. The average Bonchev–Trinajstić information content (AvgIpc) is 2.51. The molecule has 0 fully saturated rings. The molecule has 0 unspecified atom stereocenters.